The molecule has 0 aliphatic heterocycles. The van der Waals surface area contributed by atoms with Gasteiger partial charge in [0.2, 0.25) is 0 Å². The average Bonchev–Trinajstić information content (AvgIpc) is 3.70. The number of nitrogens with one attached hydrogen (secondary N) is 1. The molecule has 0 aliphatic rings. The second-order valence-corrected chi connectivity index (χ2v) is 16.1. The largest absolute Gasteiger partial charge is 0.355 e. The van der Waals surface area contributed by atoms with Gasteiger partial charge in [-0.3, -0.25) is 0 Å². The van der Waals surface area contributed by atoms with Crippen LogP contribution < -0.4 is 5.32 Å². The van der Waals surface area contributed by atoms with Crippen LogP contribution in [0.15, 0.2) is 206 Å². The summed E-state index contributed by atoms with van der Waals surface area (Å²) in [6.45, 7) is 18.7. The molecule has 0 radical (unpaired) electrons. The van der Waals surface area contributed by atoms with E-state index in [9.17, 15) is 0 Å². The van der Waals surface area contributed by atoms with Gasteiger partial charge >= 0.3 is 0 Å². The molecular weight excluding hydrogens is 779 g/mol. The Morgan fingerprint density at radius 3 is 1.95 bits per heavy atom. The van der Waals surface area contributed by atoms with Crippen molar-refractivity contribution >= 4 is 54.0 Å². The summed E-state index contributed by atoms with van der Waals surface area (Å²) in [5, 5.41) is 6.31. The van der Waals surface area contributed by atoms with Gasteiger partial charge in [0.25, 0.3) is 0 Å². The Labute approximate surface area is 380 Å². The third-order valence-electron chi connectivity index (χ3n) is 11.0. The van der Waals surface area contributed by atoms with E-state index in [0.29, 0.717) is 0 Å². The second kappa shape index (κ2) is 22.1. The summed E-state index contributed by atoms with van der Waals surface area (Å²) in [5.41, 5.74) is 17.9. The second-order valence-electron chi connectivity index (χ2n) is 15.0. The van der Waals surface area contributed by atoms with Crippen molar-refractivity contribution < 1.29 is 0 Å². The van der Waals surface area contributed by atoms with Gasteiger partial charge in [0.1, 0.15) is 0 Å². The molecule has 0 bridgehead atoms. The SMILES string of the molecule is C#C/C=C(\C=C/C)c1ccc2c(c1)sc1cccc(-c3ccccc3)c12.C=C/C(=C(C)\C=C/C)c1cccc(-c2c(C)cccc2Nc2ccc(-c3ccccc3)cc2)c1C.CC. The molecule has 1 aromatic heterocycles. The van der Waals surface area contributed by atoms with Crippen molar-refractivity contribution in [3.8, 4) is 45.7 Å². The summed E-state index contributed by atoms with van der Waals surface area (Å²) in [7, 11) is 0. The highest BCUT2D eigenvalue weighted by atomic mass is 32.1. The van der Waals surface area contributed by atoms with Gasteiger partial charge < -0.3 is 5.32 Å². The number of terminal acetylenes is 1. The smallest absolute Gasteiger partial charge is 0.0466 e. The van der Waals surface area contributed by atoms with Crippen LogP contribution in [-0.2, 0) is 0 Å². The first kappa shape index (κ1) is 45.3. The molecule has 1 nitrogen and oxygen atoms in total. The topological polar surface area (TPSA) is 12.0 Å². The molecule has 2 heteroatoms. The van der Waals surface area contributed by atoms with Crippen LogP contribution in [0.1, 0.15) is 56.9 Å². The molecule has 0 atom stereocenters. The van der Waals surface area contributed by atoms with Crippen molar-refractivity contribution in [1.29, 1.82) is 0 Å². The molecule has 0 saturated carbocycles. The molecule has 0 aliphatic carbocycles. The summed E-state index contributed by atoms with van der Waals surface area (Å²) in [6, 6.07) is 55.9. The Bertz CT molecular complexity index is 2980. The molecule has 0 unspecified atom stereocenters. The number of hydrogen-bond donors (Lipinski definition) is 1. The number of anilines is 2. The van der Waals surface area contributed by atoms with Gasteiger partial charge in [0, 0.05) is 37.1 Å². The molecular formula is C61H57NS. The zero-order valence-electron chi connectivity index (χ0n) is 37.7. The van der Waals surface area contributed by atoms with Crippen molar-refractivity contribution in [3.63, 3.8) is 0 Å². The van der Waals surface area contributed by atoms with Gasteiger partial charge in [-0.1, -0.05) is 184 Å². The lowest BCUT2D eigenvalue weighted by Gasteiger charge is -2.19. The molecule has 8 aromatic rings. The van der Waals surface area contributed by atoms with Crippen molar-refractivity contribution in [2.75, 3.05) is 5.32 Å². The minimum atomic E-state index is 1.07. The number of thiophene rings is 1. The van der Waals surface area contributed by atoms with E-state index in [1.54, 1.807) is 0 Å². The number of allylic oxidation sites excluding steroid dienone is 9. The fourth-order valence-corrected chi connectivity index (χ4v) is 9.22. The highest BCUT2D eigenvalue weighted by Crippen LogP contribution is 2.42. The lowest BCUT2D eigenvalue weighted by atomic mass is 9.88. The Balaban J connectivity index is 0.000000210. The molecule has 0 spiro atoms. The lowest BCUT2D eigenvalue weighted by Crippen LogP contribution is -1.99. The number of aryl methyl sites for hydroxylation is 1. The molecule has 63 heavy (non-hydrogen) atoms. The van der Waals surface area contributed by atoms with Crippen LogP contribution in [0.3, 0.4) is 0 Å². The monoisotopic (exact) mass is 835 g/mol. The lowest BCUT2D eigenvalue weighted by molar-refractivity contribution is 1.37. The fourth-order valence-electron chi connectivity index (χ4n) is 8.04. The zero-order valence-corrected chi connectivity index (χ0v) is 38.5. The summed E-state index contributed by atoms with van der Waals surface area (Å²) in [5.74, 6) is 2.65. The molecule has 7 aromatic carbocycles. The molecule has 0 fully saturated rings. The highest BCUT2D eigenvalue weighted by molar-refractivity contribution is 7.26. The van der Waals surface area contributed by atoms with Crippen LogP contribution >= 0.6 is 11.3 Å². The predicted octanol–water partition coefficient (Wildman–Crippen LogP) is 18.3. The number of benzene rings is 7. The number of rotatable bonds is 10. The summed E-state index contributed by atoms with van der Waals surface area (Å²) < 4.78 is 2.60. The van der Waals surface area contributed by atoms with E-state index >= 15 is 0 Å². The average molecular weight is 836 g/mol. The summed E-state index contributed by atoms with van der Waals surface area (Å²) in [6.07, 6.45) is 17.6. The third-order valence-corrected chi connectivity index (χ3v) is 12.1. The molecule has 312 valence electrons. The van der Waals surface area contributed by atoms with E-state index in [4.69, 9.17) is 6.42 Å². The third kappa shape index (κ3) is 10.5. The van der Waals surface area contributed by atoms with Gasteiger partial charge in [-0.2, -0.15) is 0 Å². The van der Waals surface area contributed by atoms with E-state index in [2.05, 4.69) is 208 Å². The van der Waals surface area contributed by atoms with Crippen LogP contribution in [0.5, 0.6) is 0 Å². The van der Waals surface area contributed by atoms with Crippen LogP contribution in [0.25, 0.3) is 64.7 Å². The van der Waals surface area contributed by atoms with Crippen LogP contribution in [-0.4, -0.2) is 0 Å². The van der Waals surface area contributed by atoms with Crippen molar-refractivity contribution in [1.82, 2.24) is 0 Å². The zero-order chi connectivity index (χ0) is 44.7. The van der Waals surface area contributed by atoms with E-state index < -0.39 is 0 Å². The Morgan fingerprint density at radius 2 is 1.29 bits per heavy atom. The maximum Gasteiger partial charge on any atom is 0.0466 e. The van der Waals surface area contributed by atoms with Gasteiger partial charge in [0.05, 0.1) is 0 Å². The standard InChI is InChI=1S/C34H33N.C25H18S.C2H6/c1-6-13-24(3)30(7-2)31-17-12-18-32(26(31)5)34-25(4)14-11-19-33(34)35-29-22-20-28(21-23-29)27-15-9-8-10-16-27;1-3-9-18(10-4-2)20-15-16-22-24(17-20)26-23-14-8-13-21(25(22)23)19-11-6-5-7-12-19;1-2/h6-23,35H,2H2,1,3-5H3;1,4-17H,2H3;1-2H3/b13-6-,30-24+;10-4-,18-9+;. The summed E-state index contributed by atoms with van der Waals surface area (Å²) >= 11 is 1.84. The van der Waals surface area contributed by atoms with Gasteiger partial charge in [0.15, 0.2) is 0 Å². The van der Waals surface area contributed by atoms with Gasteiger partial charge in [-0.05, 0) is 138 Å². The fraction of sp³-hybridized carbons (Fsp3) is 0.115. The molecule has 8 rings (SSSR count). The van der Waals surface area contributed by atoms with Crippen molar-refractivity contribution in [2.45, 2.75) is 48.5 Å². The van der Waals surface area contributed by atoms with Crippen LogP contribution in [0, 0.1) is 26.2 Å². The highest BCUT2D eigenvalue weighted by Gasteiger charge is 2.16. The predicted molar refractivity (Wildman–Crippen MR) is 282 cm³/mol. The Morgan fingerprint density at radius 1 is 0.651 bits per heavy atom. The summed E-state index contributed by atoms with van der Waals surface area (Å²) in [4.78, 5) is 0. The quantitative estimate of drug-likeness (QED) is 0.107. The molecule has 1 N–H and O–H groups in total. The number of fused-ring (bicyclic) bond motifs is 3. The first-order chi connectivity index (χ1) is 30.8. The van der Waals surface area contributed by atoms with Gasteiger partial charge in [-0.25, -0.2) is 0 Å². The van der Waals surface area contributed by atoms with E-state index in [1.807, 2.05) is 63.3 Å². The first-order valence-electron chi connectivity index (χ1n) is 21.7. The minimum Gasteiger partial charge on any atom is -0.355 e. The maximum atomic E-state index is 5.50. The van der Waals surface area contributed by atoms with Crippen LogP contribution in [0.2, 0.25) is 0 Å². The Hall–Kier alpha value is -7.18. The van der Waals surface area contributed by atoms with Crippen molar-refractivity contribution in [3.05, 3.63) is 229 Å². The van der Waals surface area contributed by atoms with E-state index in [1.165, 1.54) is 81.4 Å². The normalized spacial score (nSPS) is 11.7. The Kier molecular flexibility index (Phi) is 15.9. The maximum absolute atomic E-state index is 5.50. The minimum absolute atomic E-state index is 1.07. The van der Waals surface area contributed by atoms with Crippen LogP contribution in [0.4, 0.5) is 11.4 Å². The molecule has 0 saturated heterocycles. The molecule has 1 heterocycles. The van der Waals surface area contributed by atoms with E-state index in [-0.39, 0.29) is 0 Å². The van der Waals surface area contributed by atoms with E-state index in [0.717, 1.165) is 22.5 Å². The first-order valence-corrected chi connectivity index (χ1v) is 22.5. The number of hydrogen-bond acceptors (Lipinski definition) is 2. The van der Waals surface area contributed by atoms with Gasteiger partial charge in [-0.15, -0.1) is 17.8 Å². The molecule has 0 amide bonds. The van der Waals surface area contributed by atoms with Crippen molar-refractivity contribution in [2.24, 2.45) is 0 Å².